The van der Waals surface area contributed by atoms with E-state index in [4.69, 9.17) is 14.2 Å². The Kier molecular flexibility index (Phi) is 5.03. The average Bonchev–Trinajstić information content (AvgIpc) is 3.09. The summed E-state index contributed by atoms with van der Waals surface area (Å²) >= 11 is 0. The van der Waals surface area contributed by atoms with Crippen LogP contribution in [0.15, 0.2) is 54.6 Å². The van der Waals surface area contributed by atoms with E-state index in [1.54, 1.807) is 24.1 Å². The standard InChI is InChI=1S/C23H26N2O5/c1-15(26)24-23(16-8-6-5-7-9-16)20(19-14-29-22(2,3)30-19)25(21(23)27)17-10-12-18(28-4)13-11-17/h5-13,19-20H,14H2,1-4H3,(H,24,26)/t19-,20+,23-/m0/s1. The van der Waals surface area contributed by atoms with Crippen molar-refractivity contribution in [2.45, 2.75) is 44.2 Å². The summed E-state index contributed by atoms with van der Waals surface area (Å²) in [4.78, 5) is 27.6. The molecule has 1 N–H and O–H groups in total. The lowest BCUT2D eigenvalue weighted by atomic mass is 9.70. The number of nitrogens with one attached hydrogen (secondary N) is 1. The zero-order chi connectivity index (χ0) is 21.5. The third kappa shape index (κ3) is 3.24. The predicted octanol–water partition coefficient (Wildman–Crippen LogP) is 2.59. The molecule has 0 radical (unpaired) electrons. The van der Waals surface area contributed by atoms with Crippen LogP contribution >= 0.6 is 0 Å². The highest BCUT2D eigenvalue weighted by Gasteiger charge is 2.67. The first-order chi connectivity index (χ1) is 14.3. The minimum Gasteiger partial charge on any atom is -0.497 e. The van der Waals surface area contributed by atoms with E-state index in [2.05, 4.69) is 5.32 Å². The summed E-state index contributed by atoms with van der Waals surface area (Å²) in [7, 11) is 1.59. The first kappa shape index (κ1) is 20.4. The maximum absolute atomic E-state index is 13.7. The molecule has 7 nitrogen and oxygen atoms in total. The van der Waals surface area contributed by atoms with Gasteiger partial charge in [-0.3, -0.25) is 9.59 Å². The Morgan fingerprint density at radius 2 is 1.80 bits per heavy atom. The van der Waals surface area contributed by atoms with Gasteiger partial charge in [0.1, 0.15) is 17.9 Å². The molecule has 30 heavy (non-hydrogen) atoms. The highest BCUT2D eigenvalue weighted by atomic mass is 16.7. The van der Waals surface area contributed by atoms with Gasteiger partial charge in [-0.25, -0.2) is 0 Å². The number of β-lactam (4-membered cyclic amide) rings is 1. The lowest BCUT2D eigenvalue weighted by molar-refractivity contribution is -0.158. The Hall–Kier alpha value is -2.90. The third-order valence-corrected chi connectivity index (χ3v) is 5.61. The molecule has 2 aromatic carbocycles. The van der Waals surface area contributed by atoms with E-state index >= 15 is 0 Å². The number of rotatable bonds is 5. The Balaban J connectivity index is 1.82. The molecule has 2 fully saturated rings. The number of benzene rings is 2. The fraction of sp³-hybridized carbons (Fsp3) is 0.391. The molecule has 2 amide bonds. The van der Waals surface area contributed by atoms with E-state index in [9.17, 15) is 9.59 Å². The molecule has 0 aromatic heterocycles. The number of hydrogen-bond acceptors (Lipinski definition) is 5. The van der Waals surface area contributed by atoms with Crippen molar-refractivity contribution in [2.75, 3.05) is 18.6 Å². The molecule has 2 aromatic rings. The molecular formula is C23H26N2O5. The van der Waals surface area contributed by atoms with Crippen molar-refractivity contribution in [3.63, 3.8) is 0 Å². The zero-order valence-corrected chi connectivity index (χ0v) is 17.5. The Morgan fingerprint density at radius 3 is 2.33 bits per heavy atom. The highest BCUT2D eigenvalue weighted by Crippen LogP contribution is 2.47. The number of nitrogens with zero attached hydrogens (tertiary/aromatic N) is 1. The average molecular weight is 410 g/mol. The molecule has 158 valence electrons. The van der Waals surface area contributed by atoms with Crippen LogP contribution in [-0.4, -0.2) is 43.5 Å². The number of carbonyl (C=O) groups excluding carboxylic acids is 2. The van der Waals surface area contributed by atoms with Gasteiger partial charge >= 0.3 is 0 Å². The van der Waals surface area contributed by atoms with Crippen LogP contribution in [0.25, 0.3) is 0 Å². The van der Waals surface area contributed by atoms with E-state index < -0.39 is 23.5 Å². The number of methoxy groups -OCH3 is 1. The van der Waals surface area contributed by atoms with Crippen molar-refractivity contribution in [2.24, 2.45) is 0 Å². The van der Waals surface area contributed by atoms with E-state index in [1.165, 1.54) is 6.92 Å². The molecule has 2 heterocycles. The summed E-state index contributed by atoms with van der Waals surface area (Å²) in [6.45, 7) is 5.41. The van der Waals surface area contributed by atoms with Crippen LogP contribution in [-0.2, 0) is 24.6 Å². The van der Waals surface area contributed by atoms with Gasteiger partial charge in [0.05, 0.1) is 13.7 Å². The second-order valence-corrected chi connectivity index (χ2v) is 8.04. The second-order valence-electron chi connectivity index (χ2n) is 8.04. The van der Waals surface area contributed by atoms with Crippen molar-refractivity contribution in [1.29, 1.82) is 0 Å². The maximum atomic E-state index is 13.7. The number of carbonyl (C=O) groups is 2. The molecule has 7 heteroatoms. The summed E-state index contributed by atoms with van der Waals surface area (Å²) in [6.07, 6.45) is -0.424. The Bertz CT molecular complexity index is 944. The van der Waals surface area contributed by atoms with Crippen LogP contribution < -0.4 is 15.0 Å². The van der Waals surface area contributed by atoms with Gasteiger partial charge in [0, 0.05) is 12.6 Å². The van der Waals surface area contributed by atoms with Crippen molar-refractivity contribution >= 4 is 17.5 Å². The van der Waals surface area contributed by atoms with Gasteiger partial charge < -0.3 is 24.4 Å². The molecule has 0 spiro atoms. The van der Waals surface area contributed by atoms with E-state index in [0.29, 0.717) is 23.6 Å². The third-order valence-electron chi connectivity index (χ3n) is 5.61. The van der Waals surface area contributed by atoms with Crippen molar-refractivity contribution in [3.05, 3.63) is 60.2 Å². The summed E-state index contributed by atoms with van der Waals surface area (Å²) in [5, 5.41) is 2.95. The minimum atomic E-state index is -1.23. The number of hydrogen-bond donors (Lipinski definition) is 1. The van der Waals surface area contributed by atoms with Crippen LogP contribution in [0.3, 0.4) is 0 Å². The highest BCUT2D eigenvalue weighted by molar-refractivity contribution is 6.11. The smallest absolute Gasteiger partial charge is 0.260 e. The van der Waals surface area contributed by atoms with Crippen molar-refractivity contribution in [3.8, 4) is 5.75 Å². The molecular weight excluding hydrogens is 384 g/mol. The van der Waals surface area contributed by atoms with Crippen LogP contribution in [0.5, 0.6) is 5.75 Å². The molecule has 2 aliphatic rings. The quantitative estimate of drug-likeness (QED) is 0.767. The van der Waals surface area contributed by atoms with E-state index in [-0.39, 0.29) is 11.8 Å². The summed E-state index contributed by atoms with van der Waals surface area (Å²) in [6, 6.07) is 16.1. The zero-order valence-electron chi connectivity index (χ0n) is 17.5. The Labute approximate surface area is 175 Å². The van der Waals surface area contributed by atoms with Crippen molar-refractivity contribution in [1.82, 2.24) is 5.32 Å². The normalized spacial score (nSPS) is 27.5. The van der Waals surface area contributed by atoms with Gasteiger partial charge in [-0.15, -0.1) is 0 Å². The largest absolute Gasteiger partial charge is 0.497 e. The molecule has 3 atom stereocenters. The molecule has 4 rings (SSSR count). The fourth-order valence-corrected chi connectivity index (χ4v) is 4.38. The molecule has 2 saturated heterocycles. The first-order valence-electron chi connectivity index (χ1n) is 9.92. The maximum Gasteiger partial charge on any atom is 0.260 e. The second kappa shape index (κ2) is 7.41. The molecule has 0 bridgehead atoms. The van der Waals surface area contributed by atoms with Crippen LogP contribution in [0.1, 0.15) is 26.3 Å². The number of amides is 2. The molecule has 0 unspecified atom stereocenters. The summed E-state index contributed by atoms with van der Waals surface area (Å²) < 4.78 is 17.2. The topological polar surface area (TPSA) is 77.1 Å². The fourth-order valence-electron chi connectivity index (χ4n) is 4.38. The monoisotopic (exact) mass is 410 g/mol. The molecule has 0 saturated carbocycles. The van der Waals surface area contributed by atoms with Crippen LogP contribution in [0.2, 0.25) is 0 Å². The van der Waals surface area contributed by atoms with E-state index in [1.807, 2.05) is 56.3 Å². The lowest BCUT2D eigenvalue weighted by Gasteiger charge is -2.57. The Morgan fingerprint density at radius 1 is 1.13 bits per heavy atom. The molecule has 0 aliphatic carbocycles. The predicted molar refractivity (Wildman–Crippen MR) is 111 cm³/mol. The number of anilines is 1. The molecule has 2 aliphatic heterocycles. The summed E-state index contributed by atoms with van der Waals surface area (Å²) in [5.74, 6) is -0.578. The van der Waals surface area contributed by atoms with Gasteiger partial charge in [0.25, 0.3) is 5.91 Å². The van der Waals surface area contributed by atoms with Crippen molar-refractivity contribution < 1.29 is 23.8 Å². The van der Waals surface area contributed by atoms with E-state index in [0.717, 1.165) is 0 Å². The minimum absolute atomic E-state index is 0.215. The van der Waals surface area contributed by atoms with Gasteiger partial charge in [-0.1, -0.05) is 30.3 Å². The van der Waals surface area contributed by atoms with Gasteiger partial charge in [0.15, 0.2) is 11.3 Å². The van der Waals surface area contributed by atoms with Gasteiger partial charge in [0.2, 0.25) is 5.91 Å². The van der Waals surface area contributed by atoms with Crippen LogP contribution in [0.4, 0.5) is 5.69 Å². The van der Waals surface area contributed by atoms with Gasteiger partial charge in [-0.05, 0) is 43.7 Å². The lowest BCUT2D eigenvalue weighted by Crippen LogP contribution is -2.81. The van der Waals surface area contributed by atoms with Gasteiger partial charge in [-0.2, -0.15) is 0 Å². The van der Waals surface area contributed by atoms with Crippen LogP contribution in [0, 0.1) is 0 Å². The first-order valence-corrected chi connectivity index (χ1v) is 9.92. The SMILES string of the molecule is COc1ccc(N2C(=O)[C@](NC(C)=O)(c3ccccc3)[C@H]2[C@@H]2COC(C)(C)O2)cc1. The summed E-state index contributed by atoms with van der Waals surface area (Å²) in [5.41, 5.74) is 0.186. The number of ether oxygens (including phenoxy) is 3.